The van der Waals surface area contributed by atoms with Crippen LogP contribution in [0.5, 0.6) is 11.5 Å². The third kappa shape index (κ3) is 12.1. The molecular weight excluding hydrogens is 930 g/mol. The van der Waals surface area contributed by atoms with Crippen molar-refractivity contribution in [3.05, 3.63) is 166 Å². The zero-order valence-corrected chi connectivity index (χ0v) is 39.8. The molecule has 0 amide bonds. The first kappa shape index (κ1) is 49.4. The number of benzene rings is 4. The van der Waals surface area contributed by atoms with Crippen molar-refractivity contribution in [2.45, 2.75) is 63.8 Å². The van der Waals surface area contributed by atoms with E-state index in [0.717, 1.165) is 55.2 Å². The lowest BCUT2D eigenvalue weighted by atomic mass is 10.0. The lowest BCUT2D eigenvalue weighted by molar-refractivity contribution is -0.137. The fourth-order valence-electron chi connectivity index (χ4n) is 7.76. The number of carbonyl (C=O) groups excluding carboxylic acids is 3. The molecule has 0 fully saturated rings. The van der Waals surface area contributed by atoms with Crippen LogP contribution in [0.2, 0.25) is 5.15 Å². The van der Waals surface area contributed by atoms with E-state index >= 15 is 4.39 Å². The van der Waals surface area contributed by atoms with Crippen LogP contribution in [0.1, 0.15) is 81.9 Å². The fraction of sp³-hybridized carbons (Fsp3) is 0.250. The maximum atomic E-state index is 15.3. The first-order valence-corrected chi connectivity index (χ1v) is 23.7. The van der Waals surface area contributed by atoms with Gasteiger partial charge in [0.05, 0.1) is 48.7 Å². The third-order valence-corrected chi connectivity index (χ3v) is 12.7. The normalized spacial score (nSPS) is 15.1. The second-order valence-corrected chi connectivity index (χ2v) is 17.3. The molecule has 4 aromatic carbocycles. The van der Waals surface area contributed by atoms with Gasteiger partial charge < -0.3 is 28.1 Å². The highest BCUT2D eigenvalue weighted by Gasteiger charge is 2.27. The average molecular weight is 980 g/mol. The van der Waals surface area contributed by atoms with Crippen molar-refractivity contribution in [3.8, 4) is 34.3 Å². The number of aromatic nitrogens is 4. The molecule has 16 heteroatoms. The van der Waals surface area contributed by atoms with Crippen molar-refractivity contribution in [2.75, 3.05) is 20.0 Å². The van der Waals surface area contributed by atoms with Gasteiger partial charge in [-0.15, -0.1) is 11.3 Å². The molecule has 2 unspecified atom stereocenters. The van der Waals surface area contributed by atoms with Gasteiger partial charge in [-0.2, -0.15) is 12.6 Å². The van der Waals surface area contributed by atoms with Crippen molar-refractivity contribution in [3.63, 3.8) is 0 Å². The Kier molecular flexibility index (Phi) is 17.4. The maximum absolute atomic E-state index is 15.3. The molecule has 0 radical (unpaired) electrons. The Balaban J connectivity index is 0.000000181. The van der Waals surface area contributed by atoms with Gasteiger partial charge in [-0.1, -0.05) is 96.6 Å². The highest BCUT2D eigenvalue weighted by Crippen LogP contribution is 2.39. The molecule has 0 N–H and O–H groups in total. The first-order valence-electron chi connectivity index (χ1n) is 21.9. The van der Waals surface area contributed by atoms with Crippen LogP contribution < -0.4 is 9.47 Å². The third-order valence-electron chi connectivity index (χ3n) is 11.1. The second kappa shape index (κ2) is 23.9. The number of hydrogen-bond donors (Lipinski definition) is 1. The number of methoxy groups -OCH3 is 2. The molecule has 352 valence electrons. The number of carbonyl (C=O) groups is 3. The number of fused-ring (bicyclic) bond motifs is 1. The summed E-state index contributed by atoms with van der Waals surface area (Å²) in [7, 11) is 2.69. The Bertz CT molecular complexity index is 2900. The van der Waals surface area contributed by atoms with Gasteiger partial charge in [0.25, 0.3) is 0 Å². The van der Waals surface area contributed by atoms with E-state index in [0.29, 0.717) is 57.9 Å². The van der Waals surface area contributed by atoms with Gasteiger partial charge in [0.2, 0.25) is 0 Å². The molecule has 11 nitrogen and oxygen atoms in total. The molecule has 0 saturated heterocycles. The van der Waals surface area contributed by atoms with E-state index in [-0.39, 0.29) is 40.2 Å². The predicted molar refractivity (Wildman–Crippen MR) is 264 cm³/mol. The molecule has 0 spiro atoms. The number of imidazole rings is 2. The smallest absolute Gasteiger partial charge is 0.348 e. The van der Waals surface area contributed by atoms with Crippen LogP contribution in [0, 0.1) is 11.6 Å². The molecule has 2 aliphatic rings. The topological polar surface area (TPSA) is 124 Å². The lowest BCUT2D eigenvalue weighted by Gasteiger charge is -2.21. The Hall–Kier alpha value is -6.55. The van der Waals surface area contributed by atoms with E-state index in [9.17, 15) is 18.8 Å². The average Bonchev–Trinajstić information content (AvgIpc) is 4.06. The van der Waals surface area contributed by atoms with Crippen molar-refractivity contribution in [1.82, 2.24) is 19.1 Å². The van der Waals surface area contributed by atoms with Gasteiger partial charge in [-0.05, 0) is 80.0 Å². The monoisotopic (exact) mass is 978 g/mol. The van der Waals surface area contributed by atoms with Gasteiger partial charge in [-0.3, -0.25) is 9.59 Å². The summed E-state index contributed by atoms with van der Waals surface area (Å²) in [6.07, 6.45) is 14.9. The molecule has 68 heavy (non-hydrogen) atoms. The van der Waals surface area contributed by atoms with Gasteiger partial charge in [0.1, 0.15) is 63.4 Å². The summed E-state index contributed by atoms with van der Waals surface area (Å²) in [6.45, 7) is 0.718. The van der Waals surface area contributed by atoms with Gasteiger partial charge in [0, 0.05) is 12.1 Å². The number of thiophene rings is 1. The molecular formula is C52H49ClF2N4O7S2. The van der Waals surface area contributed by atoms with Crippen LogP contribution in [0.25, 0.3) is 33.1 Å². The molecule has 2 atom stereocenters. The number of allylic oxidation sites excluding steroid dienone is 4. The SMILES string of the molecule is COC(=O)CS.COC(=O)c1cc2c(nc(-c3ccc(OCc4ccccc4)cc3F)n2C2C=CCCC2)s1.O=Cc1c(Cl)nc(-c2ccc(OCc3ccccc3)cc2F)n1C1C=CCCC1. The molecule has 2 aliphatic carbocycles. The van der Waals surface area contributed by atoms with E-state index in [4.69, 9.17) is 30.8 Å². The zero-order chi connectivity index (χ0) is 48.0. The van der Waals surface area contributed by atoms with Crippen molar-refractivity contribution < 1.29 is 42.1 Å². The number of esters is 2. The number of ether oxygens (including phenoxy) is 4. The van der Waals surface area contributed by atoms with Crippen LogP contribution in [-0.2, 0) is 27.5 Å². The Morgan fingerprint density at radius 1 is 0.750 bits per heavy atom. The summed E-state index contributed by atoms with van der Waals surface area (Å²) >= 11 is 11.1. The minimum absolute atomic E-state index is 0.0484. The van der Waals surface area contributed by atoms with Crippen LogP contribution in [0.3, 0.4) is 0 Å². The molecule has 3 aromatic heterocycles. The number of halogens is 3. The summed E-state index contributed by atoms with van der Waals surface area (Å²) < 4.78 is 54.6. The standard InChI is InChI=1S/C26H23FN2O3S.C23H20ClFN2O2.C3H6O2S/c1-31-26(30)23-15-22-25(33-23)28-24(29(22)18-10-6-3-7-11-18)20-13-12-19(14-21(20)27)32-16-17-8-4-2-5-9-17;24-22-21(14-28)27(17-9-5-2-6-10-17)23(26-22)19-12-11-18(13-20(19)25)29-15-16-7-3-1-4-8-16;1-5-3(4)2-6/h2,4-6,8-10,12-15,18H,3,7,11,16H2,1H3;1,3-5,7-9,11-14,17H,2,6,10,15H2;6H,2H2,1H3. The van der Waals surface area contributed by atoms with E-state index in [1.807, 2.05) is 71.3 Å². The molecule has 0 aliphatic heterocycles. The van der Waals surface area contributed by atoms with E-state index < -0.39 is 17.6 Å². The Labute approximate surface area is 407 Å². The van der Waals surface area contributed by atoms with Gasteiger partial charge in [-0.25, -0.2) is 23.5 Å². The molecule has 9 rings (SSSR count). The van der Waals surface area contributed by atoms with Crippen LogP contribution in [-0.4, -0.2) is 57.3 Å². The fourth-order valence-corrected chi connectivity index (χ4v) is 9.05. The number of thiol groups is 1. The van der Waals surface area contributed by atoms with Crippen molar-refractivity contribution in [1.29, 1.82) is 0 Å². The summed E-state index contributed by atoms with van der Waals surface area (Å²) in [5, 5.41) is 0.0813. The molecule has 3 heterocycles. The van der Waals surface area contributed by atoms with Gasteiger partial charge >= 0.3 is 11.9 Å². The number of nitrogens with zero attached hydrogens (tertiary/aromatic N) is 4. The zero-order valence-electron chi connectivity index (χ0n) is 37.4. The maximum Gasteiger partial charge on any atom is 0.348 e. The van der Waals surface area contributed by atoms with Crippen LogP contribution >= 0.6 is 35.6 Å². The summed E-state index contributed by atoms with van der Waals surface area (Å²) in [6, 6.07) is 30.7. The molecule has 0 saturated carbocycles. The van der Waals surface area contributed by atoms with Crippen molar-refractivity contribution >= 4 is 64.1 Å². The van der Waals surface area contributed by atoms with E-state index in [2.05, 4.69) is 40.6 Å². The minimum atomic E-state index is -0.476. The van der Waals surface area contributed by atoms with Gasteiger partial charge in [0.15, 0.2) is 11.4 Å². The number of hydrogen-bond acceptors (Lipinski definition) is 11. The molecule has 0 bridgehead atoms. The quantitative estimate of drug-likeness (QED) is 0.0520. The largest absolute Gasteiger partial charge is 0.489 e. The van der Waals surface area contributed by atoms with Crippen LogP contribution in [0.4, 0.5) is 8.78 Å². The summed E-state index contributed by atoms with van der Waals surface area (Å²) in [5.41, 5.74) is 3.79. The Morgan fingerprint density at radius 3 is 1.72 bits per heavy atom. The van der Waals surface area contributed by atoms with E-state index in [1.165, 1.54) is 37.7 Å². The summed E-state index contributed by atoms with van der Waals surface area (Å²) in [5.74, 6) is 0.393. The Morgan fingerprint density at radius 2 is 1.28 bits per heavy atom. The molecule has 7 aromatic rings. The number of aldehydes is 1. The van der Waals surface area contributed by atoms with Crippen LogP contribution in [0.15, 0.2) is 127 Å². The van der Waals surface area contributed by atoms with Crippen molar-refractivity contribution in [2.24, 2.45) is 0 Å². The summed E-state index contributed by atoms with van der Waals surface area (Å²) in [4.78, 5) is 43.7. The second-order valence-electron chi connectivity index (χ2n) is 15.6. The number of rotatable bonds is 13. The van der Waals surface area contributed by atoms with E-state index in [1.54, 1.807) is 34.9 Å². The minimum Gasteiger partial charge on any atom is -0.489 e. The lowest BCUT2D eigenvalue weighted by Crippen LogP contribution is -2.13. The highest BCUT2D eigenvalue weighted by atomic mass is 35.5. The highest BCUT2D eigenvalue weighted by molar-refractivity contribution is 7.81. The first-order chi connectivity index (χ1) is 33.1. The predicted octanol–water partition coefficient (Wildman–Crippen LogP) is 12.7.